The van der Waals surface area contributed by atoms with Crippen LogP contribution >= 0.6 is 11.6 Å². The number of halogens is 1. The molecule has 0 aromatic heterocycles. The fraction of sp³-hybridized carbons (Fsp3) is 0.333. The molecule has 0 saturated heterocycles. The lowest BCUT2D eigenvalue weighted by Gasteiger charge is -2.06. The van der Waals surface area contributed by atoms with Gasteiger partial charge in [0.25, 0.3) is 0 Å². The number of ether oxygens (including phenoxy) is 2. The topological polar surface area (TPSA) is 18.5 Å². The summed E-state index contributed by atoms with van der Waals surface area (Å²) < 4.78 is 10.3. The molecule has 0 N–H and O–H groups in total. The molecule has 0 saturated carbocycles. The third-order valence-electron chi connectivity index (χ3n) is 2.00. The highest BCUT2D eigenvalue weighted by atomic mass is 35.5. The Balaban J connectivity index is 3.07. The predicted octanol–water partition coefficient (Wildman–Crippen LogP) is 3.35. The van der Waals surface area contributed by atoms with Crippen LogP contribution in [0, 0.1) is 0 Å². The molecule has 0 amide bonds. The summed E-state index contributed by atoms with van der Waals surface area (Å²) in [6, 6.07) is 5.73. The minimum absolute atomic E-state index is 0.527. The van der Waals surface area contributed by atoms with Gasteiger partial charge in [0, 0.05) is 11.9 Å². The van der Waals surface area contributed by atoms with Crippen molar-refractivity contribution in [1.82, 2.24) is 0 Å². The minimum atomic E-state index is 0.527. The molecular formula is C12H15ClO2. The maximum atomic E-state index is 5.72. The molecule has 3 heteroatoms. The van der Waals surface area contributed by atoms with Gasteiger partial charge < -0.3 is 9.47 Å². The van der Waals surface area contributed by atoms with Crippen molar-refractivity contribution in [1.29, 1.82) is 0 Å². The molecule has 0 bridgehead atoms. The van der Waals surface area contributed by atoms with Gasteiger partial charge in [-0.15, -0.1) is 11.6 Å². The van der Waals surface area contributed by atoms with Crippen LogP contribution in [0.2, 0.25) is 0 Å². The third-order valence-corrected chi connectivity index (χ3v) is 2.42. The van der Waals surface area contributed by atoms with Gasteiger partial charge in [-0.25, -0.2) is 0 Å². The summed E-state index contributed by atoms with van der Waals surface area (Å²) in [7, 11) is 3.27. The van der Waals surface area contributed by atoms with Crippen LogP contribution < -0.4 is 9.47 Å². The second-order valence-corrected chi connectivity index (χ2v) is 3.54. The molecule has 0 aliphatic heterocycles. The van der Waals surface area contributed by atoms with Crippen molar-refractivity contribution >= 4 is 17.7 Å². The Kier molecular flexibility index (Phi) is 4.50. The van der Waals surface area contributed by atoms with E-state index >= 15 is 0 Å². The van der Waals surface area contributed by atoms with E-state index in [-0.39, 0.29) is 0 Å². The van der Waals surface area contributed by atoms with Crippen molar-refractivity contribution in [3.63, 3.8) is 0 Å². The third kappa shape index (κ3) is 3.48. The maximum absolute atomic E-state index is 5.72. The molecule has 1 aromatic carbocycles. The molecule has 2 nitrogen and oxygen atoms in total. The lowest BCUT2D eigenvalue weighted by molar-refractivity contribution is 0.394. The van der Waals surface area contributed by atoms with Crippen LogP contribution in [0.5, 0.6) is 11.5 Å². The highest BCUT2D eigenvalue weighted by Gasteiger charge is 1.99. The van der Waals surface area contributed by atoms with E-state index in [0.717, 1.165) is 22.6 Å². The van der Waals surface area contributed by atoms with Gasteiger partial charge in [-0.1, -0.05) is 11.6 Å². The molecule has 15 heavy (non-hydrogen) atoms. The van der Waals surface area contributed by atoms with Crippen LogP contribution in [0.15, 0.2) is 23.8 Å². The highest BCUT2D eigenvalue weighted by Crippen LogP contribution is 2.24. The molecule has 0 aliphatic rings. The van der Waals surface area contributed by atoms with E-state index in [0.29, 0.717) is 5.88 Å². The zero-order valence-electron chi connectivity index (χ0n) is 9.21. The van der Waals surface area contributed by atoms with Crippen molar-refractivity contribution in [3.05, 3.63) is 29.3 Å². The summed E-state index contributed by atoms with van der Waals surface area (Å²) in [6.45, 7) is 1.99. The van der Waals surface area contributed by atoms with Gasteiger partial charge in [0.1, 0.15) is 11.5 Å². The lowest BCUT2D eigenvalue weighted by atomic mass is 10.1. The molecule has 0 unspecified atom stereocenters. The van der Waals surface area contributed by atoms with E-state index in [4.69, 9.17) is 21.1 Å². The van der Waals surface area contributed by atoms with Gasteiger partial charge in [-0.2, -0.15) is 0 Å². The number of alkyl halides is 1. The van der Waals surface area contributed by atoms with Crippen LogP contribution in [0.1, 0.15) is 12.5 Å². The molecular weight excluding hydrogens is 212 g/mol. The second-order valence-electron chi connectivity index (χ2n) is 3.27. The summed E-state index contributed by atoms with van der Waals surface area (Å²) in [5.41, 5.74) is 2.14. The first-order valence-corrected chi connectivity index (χ1v) is 5.19. The highest BCUT2D eigenvalue weighted by molar-refractivity contribution is 6.19. The van der Waals surface area contributed by atoms with E-state index in [2.05, 4.69) is 0 Å². The molecule has 0 spiro atoms. The average molecular weight is 227 g/mol. The van der Waals surface area contributed by atoms with E-state index in [1.54, 1.807) is 14.2 Å². The van der Waals surface area contributed by atoms with Gasteiger partial charge in [0.15, 0.2) is 0 Å². The molecule has 0 aliphatic carbocycles. The number of allylic oxidation sites excluding steroid dienone is 1. The Morgan fingerprint density at radius 2 is 1.73 bits per heavy atom. The second kappa shape index (κ2) is 5.66. The first-order chi connectivity index (χ1) is 7.19. The van der Waals surface area contributed by atoms with E-state index in [1.165, 1.54) is 0 Å². The molecule has 0 atom stereocenters. The van der Waals surface area contributed by atoms with Crippen LogP contribution in [0.25, 0.3) is 6.08 Å². The summed E-state index contributed by atoms with van der Waals surface area (Å²) in [6.07, 6.45) is 2.01. The zero-order chi connectivity index (χ0) is 11.3. The summed E-state index contributed by atoms with van der Waals surface area (Å²) in [4.78, 5) is 0. The van der Waals surface area contributed by atoms with E-state index in [1.807, 2.05) is 31.2 Å². The Morgan fingerprint density at radius 1 is 1.20 bits per heavy atom. The monoisotopic (exact) mass is 226 g/mol. The molecule has 0 heterocycles. The molecule has 0 radical (unpaired) electrons. The summed E-state index contributed by atoms with van der Waals surface area (Å²) in [5.74, 6) is 2.09. The number of hydrogen-bond donors (Lipinski definition) is 0. The summed E-state index contributed by atoms with van der Waals surface area (Å²) in [5, 5.41) is 0. The van der Waals surface area contributed by atoms with Crippen molar-refractivity contribution in [2.45, 2.75) is 6.92 Å². The maximum Gasteiger partial charge on any atom is 0.123 e. The average Bonchev–Trinajstić information content (AvgIpc) is 2.28. The molecule has 0 fully saturated rings. The van der Waals surface area contributed by atoms with Crippen LogP contribution in [-0.4, -0.2) is 20.1 Å². The smallest absolute Gasteiger partial charge is 0.123 e. The fourth-order valence-corrected chi connectivity index (χ4v) is 1.31. The Hall–Kier alpha value is -1.15. The zero-order valence-corrected chi connectivity index (χ0v) is 9.97. The van der Waals surface area contributed by atoms with E-state index in [9.17, 15) is 0 Å². The van der Waals surface area contributed by atoms with Gasteiger partial charge in [-0.3, -0.25) is 0 Å². The van der Waals surface area contributed by atoms with Crippen molar-refractivity contribution in [3.8, 4) is 11.5 Å². The predicted molar refractivity (Wildman–Crippen MR) is 63.9 cm³/mol. The van der Waals surface area contributed by atoms with Crippen LogP contribution in [0.3, 0.4) is 0 Å². The Morgan fingerprint density at radius 3 is 2.13 bits per heavy atom. The van der Waals surface area contributed by atoms with E-state index < -0.39 is 0 Å². The van der Waals surface area contributed by atoms with Crippen molar-refractivity contribution in [2.75, 3.05) is 20.1 Å². The Labute approximate surface area is 95.5 Å². The first-order valence-electron chi connectivity index (χ1n) is 4.65. The number of methoxy groups -OCH3 is 2. The normalized spacial score (nSPS) is 11.3. The molecule has 1 rings (SSSR count). The number of rotatable bonds is 4. The SMILES string of the molecule is COc1cc(C=C(C)CCl)cc(OC)c1. The Bertz CT molecular complexity index is 336. The van der Waals surface area contributed by atoms with Gasteiger partial charge >= 0.3 is 0 Å². The number of benzene rings is 1. The summed E-state index contributed by atoms with van der Waals surface area (Å²) >= 11 is 5.72. The van der Waals surface area contributed by atoms with Crippen molar-refractivity contribution in [2.24, 2.45) is 0 Å². The van der Waals surface area contributed by atoms with Gasteiger partial charge in [0.05, 0.1) is 14.2 Å². The largest absolute Gasteiger partial charge is 0.497 e. The quantitative estimate of drug-likeness (QED) is 0.734. The lowest BCUT2D eigenvalue weighted by Crippen LogP contribution is -1.88. The number of hydrogen-bond acceptors (Lipinski definition) is 2. The van der Waals surface area contributed by atoms with Crippen LogP contribution in [0.4, 0.5) is 0 Å². The molecule has 82 valence electrons. The van der Waals surface area contributed by atoms with Gasteiger partial charge in [0.2, 0.25) is 0 Å². The first kappa shape index (κ1) is 11.9. The minimum Gasteiger partial charge on any atom is -0.497 e. The van der Waals surface area contributed by atoms with Gasteiger partial charge in [-0.05, 0) is 24.6 Å². The van der Waals surface area contributed by atoms with Crippen LogP contribution in [-0.2, 0) is 0 Å². The molecule has 1 aromatic rings. The standard InChI is InChI=1S/C12H15ClO2/c1-9(8-13)4-10-5-11(14-2)7-12(6-10)15-3/h4-7H,8H2,1-3H3. The fourth-order valence-electron chi connectivity index (χ4n) is 1.24. The van der Waals surface area contributed by atoms with Crippen molar-refractivity contribution < 1.29 is 9.47 Å².